The van der Waals surface area contributed by atoms with Crippen LogP contribution >= 0.6 is 11.6 Å². The second kappa shape index (κ2) is 12.9. The molecule has 1 aliphatic carbocycles. The Morgan fingerprint density at radius 1 is 0.950 bits per heavy atom. The zero-order valence-electron chi connectivity index (χ0n) is 23.1. The maximum atomic E-state index is 14.0. The van der Waals surface area contributed by atoms with E-state index < -0.39 is 28.5 Å². The molecule has 0 heterocycles. The summed E-state index contributed by atoms with van der Waals surface area (Å²) in [6.45, 7) is 4.95. The number of benzene rings is 3. The average Bonchev–Trinajstić information content (AvgIpc) is 3.45. The minimum Gasteiger partial charge on any atom is -0.352 e. The normalized spacial score (nSPS) is 14.5. The molecule has 1 saturated carbocycles. The molecule has 3 aromatic carbocycles. The molecule has 1 N–H and O–H groups in total. The van der Waals surface area contributed by atoms with Crippen LogP contribution in [0.4, 0.5) is 5.69 Å². The van der Waals surface area contributed by atoms with Crippen LogP contribution < -0.4 is 9.62 Å². The summed E-state index contributed by atoms with van der Waals surface area (Å²) in [6, 6.07) is 20.1. The van der Waals surface area contributed by atoms with Gasteiger partial charge in [-0.3, -0.25) is 13.9 Å². The average molecular weight is 582 g/mol. The third kappa shape index (κ3) is 6.85. The Balaban J connectivity index is 1.71. The first-order valence-corrected chi connectivity index (χ1v) is 15.4. The Morgan fingerprint density at radius 2 is 1.60 bits per heavy atom. The number of aryl methyl sites for hydroxylation is 1. The molecular weight excluding hydrogens is 546 g/mol. The van der Waals surface area contributed by atoms with Crippen molar-refractivity contribution in [2.45, 2.75) is 70.0 Å². The highest BCUT2D eigenvalue weighted by atomic mass is 35.5. The SMILES string of the molecule is Cc1ccc(S(=O)(=O)N(CC(=O)N(Cc2ccccc2)[C@H](C)C(=O)NC2CCCC2)c2cccc(Cl)c2C)cc1. The summed E-state index contributed by atoms with van der Waals surface area (Å²) in [5.41, 5.74) is 2.60. The maximum absolute atomic E-state index is 14.0. The fourth-order valence-corrected chi connectivity index (χ4v) is 6.61. The molecule has 0 bridgehead atoms. The summed E-state index contributed by atoms with van der Waals surface area (Å²) in [7, 11) is -4.15. The predicted molar refractivity (Wildman–Crippen MR) is 159 cm³/mol. The van der Waals surface area contributed by atoms with Crippen LogP contribution in [0.15, 0.2) is 77.7 Å². The van der Waals surface area contributed by atoms with E-state index in [9.17, 15) is 18.0 Å². The van der Waals surface area contributed by atoms with E-state index >= 15 is 0 Å². The van der Waals surface area contributed by atoms with Gasteiger partial charge in [-0.2, -0.15) is 0 Å². The van der Waals surface area contributed by atoms with E-state index in [1.807, 2.05) is 37.3 Å². The van der Waals surface area contributed by atoms with Crippen LogP contribution in [0.25, 0.3) is 0 Å². The highest BCUT2D eigenvalue weighted by molar-refractivity contribution is 7.92. The molecule has 9 heteroatoms. The number of hydrogen-bond donors (Lipinski definition) is 1. The first-order valence-electron chi connectivity index (χ1n) is 13.6. The third-order valence-electron chi connectivity index (χ3n) is 7.46. The predicted octanol–water partition coefficient (Wildman–Crippen LogP) is 5.63. The molecule has 1 atom stereocenters. The monoisotopic (exact) mass is 581 g/mol. The first kappa shape index (κ1) is 29.6. The molecule has 0 saturated heterocycles. The lowest BCUT2D eigenvalue weighted by atomic mass is 10.1. The van der Waals surface area contributed by atoms with Crippen LogP contribution in [0.3, 0.4) is 0 Å². The van der Waals surface area contributed by atoms with Crippen LogP contribution in [-0.2, 0) is 26.2 Å². The molecule has 7 nitrogen and oxygen atoms in total. The molecule has 2 amide bonds. The molecule has 1 aliphatic rings. The molecule has 4 rings (SSSR count). The van der Waals surface area contributed by atoms with Crippen molar-refractivity contribution in [3.63, 3.8) is 0 Å². The molecule has 1 fully saturated rings. The summed E-state index contributed by atoms with van der Waals surface area (Å²) in [5, 5.41) is 3.47. The number of rotatable bonds is 10. The molecule has 0 spiro atoms. The van der Waals surface area contributed by atoms with Crippen molar-refractivity contribution in [2.24, 2.45) is 0 Å². The number of amides is 2. The van der Waals surface area contributed by atoms with E-state index in [-0.39, 0.29) is 23.4 Å². The van der Waals surface area contributed by atoms with Gasteiger partial charge in [-0.25, -0.2) is 8.42 Å². The van der Waals surface area contributed by atoms with Gasteiger partial charge in [0.2, 0.25) is 11.8 Å². The standard InChI is InChI=1S/C31H36ClN3O4S/c1-22-16-18-27(19-17-22)40(38,39)35(29-15-9-14-28(32)23(29)2)21-30(36)34(20-25-10-5-4-6-11-25)24(3)31(37)33-26-12-7-8-13-26/h4-6,9-11,14-19,24,26H,7-8,12-13,20-21H2,1-3H3,(H,33,37)/t24-/m1/s1. The van der Waals surface area contributed by atoms with Crippen LogP contribution in [0, 0.1) is 13.8 Å². The zero-order valence-corrected chi connectivity index (χ0v) is 24.7. The van der Waals surface area contributed by atoms with Crippen molar-refractivity contribution < 1.29 is 18.0 Å². The third-order valence-corrected chi connectivity index (χ3v) is 9.64. The minimum absolute atomic E-state index is 0.0620. The van der Waals surface area contributed by atoms with Crippen molar-refractivity contribution in [3.8, 4) is 0 Å². The number of halogens is 1. The topological polar surface area (TPSA) is 86.8 Å². The van der Waals surface area contributed by atoms with Crippen LogP contribution in [0.1, 0.15) is 49.3 Å². The largest absolute Gasteiger partial charge is 0.352 e. The lowest BCUT2D eigenvalue weighted by Crippen LogP contribution is -2.52. The number of carbonyl (C=O) groups excluding carboxylic acids is 2. The Bertz CT molecular complexity index is 1440. The summed E-state index contributed by atoms with van der Waals surface area (Å²) < 4.78 is 29.1. The van der Waals surface area contributed by atoms with Gasteiger partial charge in [-0.1, -0.05) is 78.5 Å². The fourth-order valence-electron chi connectivity index (χ4n) is 4.97. The Labute approximate surface area is 242 Å². The van der Waals surface area contributed by atoms with Gasteiger partial charge in [0, 0.05) is 17.6 Å². The molecular formula is C31H36ClN3O4S. The number of hydrogen-bond acceptors (Lipinski definition) is 4. The van der Waals surface area contributed by atoms with E-state index in [4.69, 9.17) is 11.6 Å². The number of nitrogens with zero attached hydrogens (tertiary/aromatic N) is 2. The van der Waals surface area contributed by atoms with Gasteiger partial charge in [0.15, 0.2) is 0 Å². The van der Waals surface area contributed by atoms with E-state index in [0.717, 1.165) is 41.1 Å². The Morgan fingerprint density at radius 3 is 2.25 bits per heavy atom. The zero-order chi connectivity index (χ0) is 28.9. The highest BCUT2D eigenvalue weighted by Crippen LogP contribution is 2.31. The summed E-state index contributed by atoms with van der Waals surface area (Å²) >= 11 is 6.38. The van der Waals surface area contributed by atoms with Crippen molar-refractivity contribution in [1.82, 2.24) is 10.2 Å². The quantitative estimate of drug-likeness (QED) is 0.336. The molecule has 0 unspecified atom stereocenters. The summed E-state index contributed by atoms with van der Waals surface area (Å²) in [6.07, 6.45) is 3.97. The molecule has 0 aliphatic heterocycles. The second-order valence-corrected chi connectivity index (χ2v) is 12.7. The van der Waals surface area contributed by atoms with E-state index in [1.54, 1.807) is 44.2 Å². The van der Waals surface area contributed by atoms with Gasteiger partial charge < -0.3 is 10.2 Å². The number of carbonyl (C=O) groups is 2. The van der Waals surface area contributed by atoms with Crippen molar-refractivity contribution in [3.05, 3.63) is 94.5 Å². The Kier molecular flexibility index (Phi) is 9.53. The van der Waals surface area contributed by atoms with Crippen molar-refractivity contribution in [2.75, 3.05) is 10.8 Å². The number of sulfonamides is 1. The number of anilines is 1. The van der Waals surface area contributed by atoms with Gasteiger partial charge >= 0.3 is 0 Å². The van der Waals surface area contributed by atoms with E-state index in [0.29, 0.717) is 16.3 Å². The molecule has 3 aromatic rings. The number of nitrogens with one attached hydrogen (secondary N) is 1. The lowest BCUT2D eigenvalue weighted by Gasteiger charge is -2.33. The minimum atomic E-state index is -4.15. The second-order valence-electron chi connectivity index (χ2n) is 10.4. The van der Waals surface area contributed by atoms with Crippen molar-refractivity contribution >= 4 is 39.1 Å². The maximum Gasteiger partial charge on any atom is 0.264 e. The van der Waals surface area contributed by atoms with Crippen molar-refractivity contribution in [1.29, 1.82) is 0 Å². The lowest BCUT2D eigenvalue weighted by molar-refractivity contribution is -0.139. The van der Waals surface area contributed by atoms with Crippen LogP contribution in [-0.4, -0.2) is 43.8 Å². The smallest absolute Gasteiger partial charge is 0.264 e. The summed E-state index contributed by atoms with van der Waals surface area (Å²) in [4.78, 5) is 28.9. The van der Waals surface area contributed by atoms with Crippen LogP contribution in [0.5, 0.6) is 0 Å². The molecule has 212 valence electrons. The van der Waals surface area contributed by atoms with Gasteiger partial charge in [-0.05, 0) is 69.0 Å². The molecule has 0 aromatic heterocycles. The molecule has 40 heavy (non-hydrogen) atoms. The van der Waals surface area contributed by atoms with Gasteiger partial charge in [0.05, 0.1) is 10.6 Å². The van der Waals surface area contributed by atoms with E-state index in [2.05, 4.69) is 5.32 Å². The first-order chi connectivity index (χ1) is 19.1. The molecule has 0 radical (unpaired) electrons. The fraction of sp³-hybridized carbons (Fsp3) is 0.355. The summed E-state index contributed by atoms with van der Waals surface area (Å²) in [5.74, 6) is -0.740. The highest BCUT2D eigenvalue weighted by Gasteiger charge is 2.34. The Hall–Kier alpha value is -3.36. The van der Waals surface area contributed by atoms with Gasteiger partial charge in [0.1, 0.15) is 12.6 Å². The van der Waals surface area contributed by atoms with Crippen LogP contribution in [0.2, 0.25) is 5.02 Å². The van der Waals surface area contributed by atoms with Gasteiger partial charge in [-0.15, -0.1) is 0 Å². The van der Waals surface area contributed by atoms with E-state index in [1.165, 1.54) is 17.0 Å². The van der Waals surface area contributed by atoms with Gasteiger partial charge in [0.25, 0.3) is 10.0 Å².